The molecule has 1 atom stereocenters. The lowest BCUT2D eigenvalue weighted by Gasteiger charge is -2.40. The van der Waals surface area contributed by atoms with Crippen molar-refractivity contribution in [2.24, 2.45) is 0 Å². The van der Waals surface area contributed by atoms with E-state index in [1.165, 1.54) is 13.1 Å². The van der Waals surface area contributed by atoms with Gasteiger partial charge in [-0.25, -0.2) is 0 Å². The number of anilines is 1. The van der Waals surface area contributed by atoms with Gasteiger partial charge < -0.3 is 19.7 Å². The highest BCUT2D eigenvalue weighted by Crippen LogP contribution is 2.34. The molecule has 3 rings (SSSR count). The number of H-pyrrole nitrogens is 1. The summed E-state index contributed by atoms with van der Waals surface area (Å²) in [6, 6.07) is 3.65. The smallest absolute Gasteiger partial charge is 0.268 e. The molecule has 2 radical (unpaired) electrons. The number of aromatic nitrogens is 2. The molecule has 0 spiro atoms. The summed E-state index contributed by atoms with van der Waals surface area (Å²) in [7, 11) is 7.45. The first-order valence-electron chi connectivity index (χ1n) is 8.46. The molecule has 1 fully saturated rings. The van der Waals surface area contributed by atoms with Crippen LogP contribution in [0.2, 0.25) is 0 Å². The van der Waals surface area contributed by atoms with Crippen molar-refractivity contribution >= 4 is 24.4 Å². The molecule has 3 heterocycles. The summed E-state index contributed by atoms with van der Waals surface area (Å²) in [5.41, 5.74) is -0.925. The maximum absolute atomic E-state index is 12.4. The molecular formula is C18H21BN4O3. The van der Waals surface area contributed by atoms with Crippen LogP contribution in [0.25, 0.3) is 10.9 Å². The Morgan fingerprint density at radius 1 is 1.50 bits per heavy atom. The number of aliphatic hydroxyl groups is 1. The number of rotatable bonds is 3. The van der Waals surface area contributed by atoms with E-state index >= 15 is 0 Å². The summed E-state index contributed by atoms with van der Waals surface area (Å²) < 4.78 is 5.58. The van der Waals surface area contributed by atoms with Crippen LogP contribution in [0, 0.1) is 11.3 Å². The lowest BCUT2D eigenvalue weighted by molar-refractivity contribution is -0.0132. The Kier molecular flexibility index (Phi) is 4.55. The highest BCUT2D eigenvalue weighted by molar-refractivity contribution is 6.14. The zero-order valence-corrected chi connectivity index (χ0v) is 15.2. The number of hydrogen-bond donors (Lipinski definition) is 2. The van der Waals surface area contributed by atoms with Gasteiger partial charge in [-0.2, -0.15) is 5.26 Å². The average molecular weight is 352 g/mol. The number of nitrogens with zero attached hydrogens (tertiary/aromatic N) is 3. The number of piperidine rings is 1. The number of hydrogen-bond acceptors (Lipinski definition) is 6. The number of ether oxygens (including phenoxy) is 1. The summed E-state index contributed by atoms with van der Waals surface area (Å²) in [5, 5.41) is 20.3. The maximum atomic E-state index is 12.4. The Morgan fingerprint density at radius 3 is 2.69 bits per heavy atom. The molecule has 0 aliphatic carbocycles. The summed E-state index contributed by atoms with van der Waals surface area (Å²) >= 11 is 0. The van der Waals surface area contributed by atoms with Gasteiger partial charge in [-0.1, -0.05) is 0 Å². The van der Waals surface area contributed by atoms with Crippen LogP contribution >= 0.6 is 0 Å². The van der Waals surface area contributed by atoms with Crippen molar-refractivity contribution in [3.8, 4) is 6.07 Å². The molecule has 2 aromatic heterocycles. The fourth-order valence-corrected chi connectivity index (χ4v) is 3.29. The predicted octanol–water partition coefficient (Wildman–Crippen LogP) is 1.13. The Balaban J connectivity index is 2.19. The SMILES string of the molecule is [B][C@@](C)(O)c1cc2c(N3CCC(C)(OC)CC3)c(C#N)c(=O)[nH]c2cn1. The molecule has 0 saturated carbocycles. The van der Waals surface area contributed by atoms with E-state index in [1.54, 1.807) is 13.2 Å². The van der Waals surface area contributed by atoms with Crippen molar-refractivity contribution in [2.45, 2.75) is 37.8 Å². The molecule has 0 amide bonds. The summed E-state index contributed by atoms with van der Waals surface area (Å²) in [5.74, 6) is 0. The second kappa shape index (κ2) is 6.42. The summed E-state index contributed by atoms with van der Waals surface area (Å²) in [6.45, 7) is 4.78. The molecule has 1 aliphatic heterocycles. The van der Waals surface area contributed by atoms with Gasteiger partial charge in [-0.3, -0.25) is 9.78 Å². The van der Waals surface area contributed by atoms with Crippen molar-refractivity contribution in [3.05, 3.63) is 33.9 Å². The molecule has 0 unspecified atom stereocenters. The number of pyridine rings is 2. The Morgan fingerprint density at radius 2 is 2.15 bits per heavy atom. The second-order valence-electron chi connectivity index (χ2n) is 7.19. The van der Waals surface area contributed by atoms with E-state index in [2.05, 4.69) is 16.9 Å². The van der Waals surface area contributed by atoms with Gasteiger partial charge in [0.2, 0.25) is 0 Å². The third-order valence-electron chi connectivity index (χ3n) is 5.13. The van der Waals surface area contributed by atoms with Crippen LogP contribution in [0.15, 0.2) is 17.1 Å². The molecule has 1 saturated heterocycles. The molecule has 2 N–H and O–H groups in total. The molecule has 1 aliphatic rings. The fourth-order valence-electron chi connectivity index (χ4n) is 3.29. The Labute approximate surface area is 153 Å². The van der Waals surface area contributed by atoms with Gasteiger partial charge >= 0.3 is 0 Å². The van der Waals surface area contributed by atoms with Crippen LogP contribution in [-0.2, 0) is 10.2 Å². The van der Waals surface area contributed by atoms with Crippen molar-refractivity contribution in [1.29, 1.82) is 5.26 Å². The van der Waals surface area contributed by atoms with Crippen LogP contribution in [0.4, 0.5) is 5.69 Å². The largest absolute Gasteiger partial charge is 0.394 e. The second-order valence-corrected chi connectivity index (χ2v) is 7.19. The Bertz CT molecular complexity index is 934. The van der Waals surface area contributed by atoms with E-state index in [4.69, 9.17) is 12.6 Å². The summed E-state index contributed by atoms with van der Waals surface area (Å²) in [4.78, 5) is 21.2. The van der Waals surface area contributed by atoms with Crippen molar-refractivity contribution in [1.82, 2.24) is 9.97 Å². The molecule has 0 bridgehead atoms. The maximum Gasteiger partial charge on any atom is 0.268 e. The zero-order chi connectivity index (χ0) is 19.1. The first-order chi connectivity index (χ1) is 12.2. The number of aromatic amines is 1. The molecule has 7 nitrogen and oxygen atoms in total. The summed E-state index contributed by atoms with van der Waals surface area (Å²) in [6.07, 6.45) is 3.01. The molecular weight excluding hydrogens is 331 g/mol. The van der Waals surface area contributed by atoms with E-state index in [1.807, 2.05) is 11.0 Å². The topological polar surface area (TPSA) is 102 Å². The van der Waals surface area contributed by atoms with Crippen LogP contribution in [0.5, 0.6) is 0 Å². The lowest BCUT2D eigenvalue weighted by Crippen LogP contribution is -2.44. The van der Waals surface area contributed by atoms with Crippen molar-refractivity contribution in [2.75, 3.05) is 25.1 Å². The first kappa shape index (κ1) is 18.4. The van der Waals surface area contributed by atoms with Gasteiger partial charge in [0.25, 0.3) is 5.56 Å². The van der Waals surface area contributed by atoms with E-state index in [0.29, 0.717) is 29.7 Å². The van der Waals surface area contributed by atoms with Crippen molar-refractivity contribution in [3.63, 3.8) is 0 Å². The van der Waals surface area contributed by atoms with E-state index < -0.39 is 11.1 Å². The van der Waals surface area contributed by atoms with Gasteiger partial charge in [-0.05, 0) is 32.8 Å². The van der Waals surface area contributed by atoms with Gasteiger partial charge in [0.1, 0.15) is 19.5 Å². The first-order valence-corrected chi connectivity index (χ1v) is 8.46. The van der Waals surface area contributed by atoms with Gasteiger partial charge in [-0.15, -0.1) is 0 Å². The van der Waals surface area contributed by atoms with Gasteiger partial charge in [0.15, 0.2) is 0 Å². The molecule has 26 heavy (non-hydrogen) atoms. The minimum atomic E-state index is -1.62. The zero-order valence-electron chi connectivity index (χ0n) is 15.2. The monoisotopic (exact) mass is 352 g/mol. The standard InChI is InChI=1S/C18H21BN4O3/c1-17(26-3)4-6-23(7-5-17)15-11-8-14(18(2,19)25)21-10-13(11)22-16(24)12(15)9-20/h8,10,25H,4-7H2,1-3H3,(H,22,24)/t18-/m0/s1. The van der Waals surface area contributed by atoms with E-state index in [0.717, 1.165) is 12.8 Å². The molecule has 8 heteroatoms. The Hall–Kier alpha value is -2.37. The van der Waals surface area contributed by atoms with Gasteiger partial charge in [0.05, 0.1) is 34.2 Å². The normalized spacial score (nSPS) is 19.1. The third-order valence-corrected chi connectivity index (χ3v) is 5.13. The molecule has 0 aromatic carbocycles. The minimum absolute atomic E-state index is 0.0485. The number of methoxy groups -OCH3 is 1. The highest BCUT2D eigenvalue weighted by Gasteiger charge is 2.32. The molecule has 134 valence electrons. The van der Waals surface area contributed by atoms with Crippen molar-refractivity contribution < 1.29 is 9.84 Å². The highest BCUT2D eigenvalue weighted by atomic mass is 16.5. The number of fused-ring (bicyclic) bond motifs is 1. The van der Waals surface area contributed by atoms with E-state index in [-0.39, 0.29) is 16.9 Å². The van der Waals surface area contributed by atoms with Gasteiger partial charge in [0, 0.05) is 25.6 Å². The quantitative estimate of drug-likeness (QED) is 0.803. The minimum Gasteiger partial charge on any atom is -0.394 e. The van der Waals surface area contributed by atoms with E-state index in [9.17, 15) is 15.2 Å². The van der Waals surface area contributed by atoms with Crippen LogP contribution in [0.3, 0.4) is 0 Å². The number of nitriles is 1. The predicted molar refractivity (Wildman–Crippen MR) is 99.3 cm³/mol. The lowest BCUT2D eigenvalue weighted by atomic mass is 9.80. The number of nitrogens with one attached hydrogen (secondary N) is 1. The third kappa shape index (κ3) is 3.20. The average Bonchev–Trinajstić information content (AvgIpc) is 2.60. The van der Waals surface area contributed by atoms with Crippen LogP contribution < -0.4 is 10.5 Å². The van der Waals surface area contributed by atoms with Crippen LogP contribution in [0.1, 0.15) is 37.9 Å². The van der Waals surface area contributed by atoms with Crippen LogP contribution in [-0.4, -0.2) is 48.7 Å². The fraction of sp³-hybridized carbons (Fsp3) is 0.500. The molecule has 2 aromatic rings.